The van der Waals surface area contributed by atoms with Crippen molar-refractivity contribution < 1.29 is 9.32 Å². The van der Waals surface area contributed by atoms with Crippen LogP contribution in [0, 0.1) is 11.3 Å². The molecule has 1 aliphatic heterocycles. The van der Waals surface area contributed by atoms with E-state index >= 15 is 0 Å². The lowest BCUT2D eigenvalue weighted by molar-refractivity contribution is 0.0628. The molecule has 0 aliphatic carbocycles. The van der Waals surface area contributed by atoms with Gasteiger partial charge in [0.1, 0.15) is 0 Å². The molecule has 0 spiro atoms. The summed E-state index contributed by atoms with van der Waals surface area (Å²) in [7, 11) is 0. The molecule has 1 unspecified atom stereocenters. The summed E-state index contributed by atoms with van der Waals surface area (Å²) in [5.41, 5.74) is 3.65. The van der Waals surface area contributed by atoms with Crippen LogP contribution in [0.25, 0.3) is 22.2 Å². The number of benzene rings is 2. The molecule has 35 heavy (non-hydrogen) atoms. The number of nitriles is 1. The van der Waals surface area contributed by atoms with Crippen molar-refractivity contribution in [2.75, 3.05) is 26.2 Å². The van der Waals surface area contributed by atoms with Crippen LogP contribution in [0.2, 0.25) is 0 Å². The molecular formula is C27H25N5O2S. The van der Waals surface area contributed by atoms with Gasteiger partial charge in [-0.2, -0.15) is 10.2 Å². The van der Waals surface area contributed by atoms with Crippen LogP contribution in [0.1, 0.15) is 34.3 Å². The summed E-state index contributed by atoms with van der Waals surface area (Å²) < 4.78 is 5.39. The molecule has 2 aromatic carbocycles. The quantitative estimate of drug-likeness (QED) is 0.381. The second-order valence-corrected chi connectivity index (χ2v) is 9.59. The highest BCUT2D eigenvalue weighted by atomic mass is 32.1. The van der Waals surface area contributed by atoms with Crippen LogP contribution in [-0.2, 0) is 6.54 Å². The molecule has 1 aliphatic rings. The Balaban J connectivity index is 1.16. The maximum absolute atomic E-state index is 13.0. The van der Waals surface area contributed by atoms with Crippen LogP contribution in [0.15, 0.2) is 70.6 Å². The normalized spacial score (nSPS) is 15.0. The van der Waals surface area contributed by atoms with Crippen LogP contribution in [0.4, 0.5) is 0 Å². The molecule has 0 saturated carbocycles. The Morgan fingerprint density at radius 3 is 2.63 bits per heavy atom. The van der Waals surface area contributed by atoms with E-state index in [1.54, 1.807) is 11.3 Å². The lowest BCUT2D eigenvalue weighted by atomic mass is 10.00. The number of hydrogen-bond acceptors (Lipinski definition) is 7. The largest absolute Gasteiger partial charge is 0.336 e. The van der Waals surface area contributed by atoms with Gasteiger partial charge in [0, 0.05) is 43.9 Å². The zero-order valence-electron chi connectivity index (χ0n) is 19.4. The van der Waals surface area contributed by atoms with Crippen LogP contribution < -0.4 is 0 Å². The zero-order valence-corrected chi connectivity index (χ0v) is 20.2. The molecule has 8 heteroatoms. The van der Waals surface area contributed by atoms with Gasteiger partial charge in [-0.15, -0.1) is 11.3 Å². The van der Waals surface area contributed by atoms with Gasteiger partial charge in [0.15, 0.2) is 0 Å². The van der Waals surface area contributed by atoms with Crippen LogP contribution in [0.3, 0.4) is 0 Å². The van der Waals surface area contributed by atoms with Crippen molar-refractivity contribution in [3.05, 3.63) is 82.7 Å². The Hall–Kier alpha value is -3.80. The lowest BCUT2D eigenvalue weighted by Crippen LogP contribution is -2.48. The van der Waals surface area contributed by atoms with Gasteiger partial charge in [0.05, 0.1) is 16.9 Å². The number of amides is 1. The Bertz CT molecular complexity index is 1330. The number of hydrogen-bond donors (Lipinski definition) is 0. The first kappa shape index (κ1) is 23.0. The Morgan fingerprint density at radius 1 is 1.11 bits per heavy atom. The van der Waals surface area contributed by atoms with E-state index in [4.69, 9.17) is 9.78 Å². The molecule has 4 aromatic rings. The molecular weight excluding hydrogens is 458 g/mol. The summed E-state index contributed by atoms with van der Waals surface area (Å²) in [6.07, 6.45) is 0. The molecule has 5 rings (SSSR count). The molecule has 1 amide bonds. The summed E-state index contributed by atoms with van der Waals surface area (Å²) in [6.45, 7) is 5.67. The van der Waals surface area contributed by atoms with Crippen molar-refractivity contribution in [2.24, 2.45) is 0 Å². The van der Waals surface area contributed by atoms with E-state index in [1.165, 1.54) is 5.56 Å². The fourth-order valence-corrected chi connectivity index (χ4v) is 4.81. The molecule has 1 saturated heterocycles. The monoisotopic (exact) mass is 483 g/mol. The van der Waals surface area contributed by atoms with E-state index in [0.29, 0.717) is 30.4 Å². The first-order chi connectivity index (χ1) is 17.1. The predicted molar refractivity (Wildman–Crippen MR) is 135 cm³/mol. The Labute approximate surface area is 208 Å². The fourth-order valence-electron chi connectivity index (χ4n) is 4.17. The van der Waals surface area contributed by atoms with Gasteiger partial charge in [-0.1, -0.05) is 47.6 Å². The number of nitrogens with zero attached hydrogens (tertiary/aromatic N) is 5. The van der Waals surface area contributed by atoms with E-state index in [1.807, 2.05) is 65.7 Å². The minimum Gasteiger partial charge on any atom is -0.336 e. The van der Waals surface area contributed by atoms with Gasteiger partial charge in [0.25, 0.3) is 11.8 Å². The number of thiophene rings is 1. The number of aromatic nitrogens is 2. The number of rotatable bonds is 6. The highest BCUT2D eigenvalue weighted by Gasteiger charge is 2.23. The summed E-state index contributed by atoms with van der Waals surface area (Å²) >= 11 is 1.57. The van der Waals surface area contributed by atoms with Gasteiger partial charge >= 0.3 is 0 Å². The summed E-state index contributed by atoms with van der Waals surface area (Å²) in [5, 5.41) is 15.3. The van der Waals surface area contributed by atoms with E-state index in [0.717, 1.165) is 35.6 Å². The minimum absolute atomic E-state index is 0.0306. The topological polar surface area (TPSA) is 86.3 Å². The van der Waals surface area contributed by atoms with Crippen LogP contribution in [-0.4, -0.2) is 52.0 Å². The fraction of sp³-hybridized carbons (Fsp3) is 0.259. The Kier molecular flexibility index (Phi) is 6.70. The minimum atomic E-state index is -0.228. The lowest BCUT2D eigenvalue weighted by Gasteiger charge is -2.35. The molecule has 0 radical (unpaired) electrons. The van der Waals surface area contributed by atoms with E-state index in [9.17, 15) is 4.79 Å². The molecule has 176 valence electrons. The van der Waals surface area contributed by atoms with Crippen molar-refractivity contribution in [2.45, 2.75) is 19.4 Å². The average Bonchev–Trinajstić information content (AvgIpc) is 3.61. The number of carbonyl (C=O) groups is 1. The third kappa shape index (κ3) is 5.16. The third-order valence-corrected chi connectivity index (χ3v) is 7.12. The average molecular weight is 484 g/mol. The van der Waals surface area contributed by atoms with Crippen LogP contribution in [0.5, 0.6) is 0 Å². The van der Waals surface area contributed by atoms with Gasteiger partial charge in [-0.05, 0) is 41.6 Å². The first-order valence-electron chi connectivity index (χ1n) is 11.6. The second kappa shape index (κ2) is 10.2. The van der Waals surface area contributed by atoms with E-state index < -0.39 is 0 Å². The highest BCUT2D eigenvalue weighted by molar-refractivity contribution is 7.13. The number of piperazine rings is 1. The van der Waals surface area contributed by atoms with Gasteiger partial charge in [0.2, 0.25) is 5.82 Å². The summed E-state index contributed by atoms with van der Waals surface area (Å²) in [5.74, 6) is 0.926. The molecule has 1 atom stereocenters. The van der Waals surface area contributed by atoms with E-state index in [-0.39, 0.29) is 11.8 Å². The maximum Gasteiger partial charge on any atom is 0.268 e. The van der Waals surface area contributed by atoms with Crippen molar-refractivity contribution in [3.8, 4) is 28.2 Å². The first-order valence-corrected chi connectivity index (χ1v) is 12.5. The summed E-state index contributed by atoms with van der Waals surface area (Å²) in [4.78, 5) is 22.7. The highest BCUT2D eigenvalue weighted by Crippen LogP contribution is 2.26. The molecule has 0 bridgehead atoms. The van der Waals surface area contributed by atoms with Crippen LogP contribution >= 0.6 is 11.3 Å². The number of carbonyl (C=O) groups excluding carboxylic acids is 1. The standard InChI is InChI=1S/C27H25N5O2S/c1-19(17-28)22-4-2-5-23(16-22)27(33)32-13-11-31(12-14-32)18-20-7-9-21(10-8-20)25-29-26(34-30-25)24-6-3-15-35-24/h2-10,15-16,19H,11-14,18H2,1H3. The second-order valence-electron chi connectivity index (χ2n) is 8.64. The molecule has 1 fully saturated rings. The smallest absolute Gasteiger partial charge is 0.268 e. The SMILES string of the molecule is CC(C#N)c1cccc(C(=O)N2CCN(Cc3ccc(-c4noc(-c5cccs5)n4)cc3)CC2)c1. The molecule has 2 aromatic heterocycles. The van der Waals surface area contributed by atoms with Gasteiger partial charge < -0.3 is 9.42 Å². The van der Waals surface area contributed by atoms with Crippen molar-refractivity contribution >= 4 is 17.2 Å². The van der Waals surface area contributed by atoms with Gasteiger partial charge in [-0.25, -0.2) is 0 Å². The van der Waals surface area contributed by atoms with Crippen molar-refractivity contribution in [3.63, 3.8) is 0 Å². The summed E-state index contributed by atoms with van der Waals surface area (Å²) in [6, 6.07) is 21.8. The molecule has 3 heterocycles. The van der Waals surface area contributed by atoms with Gasteiger partial charge in [-0.3, -0.25) is 9.69 Å². The third-order valence-electron chi connectivity index (χ3n) is 6.26. The maximum atomic E-state index is 13.0. The van der Waals surface area contributed by atoms with E-state index in [2.05, 4.69) is 33.2 Å². The molecule has 0 N–H and O–H groups in total. The zero-order chi connectivity index (χ0) is 24.2. The van der Waals surface area contributed by atoms with Crippen molar-refractivity contribution in [1.29, 1.82) is 5.26 Å². The van der Waals surface area contributed by atoms with Crippen molar-refractivity contribution in [1.82, 2.24) is 19.9 Å². The predicted octanol–water partition coefficient (Wildman–Crippen LogP) is 5.05. The Morgan fingerprint density at radius 2 is 1.91 bits per heavy atom. The molecule has 7 nitrogen and oxygen atoms in total.